The first-order valence-corrected chi connectivity index (χ1v) is 21.7. The van der Waals surface area contributed by atoms with E-state index in [1.54, 1.807) is 0 Å². The number of nitrogens with one attached hydrogen (secondary N) is 1. The molecule has 6 heteroatoms. The molecule has 0 spiro atoms. The minimum atomic E-state index is -1.03. The number of aliphatic carboxylic acids is 1. The van der Waals surface area contributed by atoms with Gasteiger partial charge in [-0.2, -0.15) is 0 Å². The van der Waals surface area contributed by atoms with Crippen molar-refractivity contribution in [2.24, 2.45) is 0 Å². The van der Waals surface area contributed by atoms with Crippen LogP contribution >= 0.6 is 0 Å². The summed E-state index contributed by atoms with van der Waals surface area (Å²) in [6.45, 7) is 3.96. The molecule has 0 aromatic rings. The summed E-state index contributed by atoms with van der Waals surface area (Å²) in [5, 5.41) is 11.1. The van der Waals surface area contributed by atoms with Crippen molar-refractivity contribution < 1.29 is 24.2 Å². The molecule has 0 radical (unpaired) electrons. The number of ether oxygens (including phenoxy) is 1. The molecule has 6 nitrogen and oxygen atoms in total. The van der Waals surface area contributed by atoms with Gasteiger partial charge in [-0.25, -0.2) is 0 Å². The summed E-state index contributed by atoms with van der Waals surface area (Å²) >= 11 is 0. The summed E-state index contributed by atoms with van der Waals surface area (Å²) < 4.78 is 5.90. The molecule has 0 saturated carbocycles. The first-order valence-electron chi connectivity index (χ1n) is 21.7. The molecule has 2 N–H and O–H groups in total. The van der Waals surface area contributed by atoms with Crippen molar-refractivity contribution in [3.8, 4) is 0 Å². The van der Waals surface area contributed by atoms with Crippen molar-refractivity contribution in [1.82, 2.24) is 5.32 Å². The average molecular weight is 772 g/mol. The third-order valence-electron chi connectivity index (χ3n) is 8.61. The highest BCUT2D eigenvalue weighted by Gasteiger charge is 2.11. The van der Waals surface area contributed by atoms with Gasteiger partial charge in [0.15, 0.2) is 0 Å². The lowest BCUT2D eigenvalue weighted by Crippen LogP contribution is -2.28. The SMILES string of the molecule is CC/C=C\C/C=C\C/C=C\C/C=C\C/C=C\C/C=C\CCCCCCC(=O)OC(/C=C\C/C=C\C/C=C\C/C=C\CC)CCCCCCCC(=O)NCC(=O)O. The molecule has 0 aromatic carbocycles. The van der Waals surface area contributed by atoms with Crippen LogP contribution in [-0.4, -0.2) is 35.6 Å². The van der Waals surface area contributed by atoms with E-state index in [4.69, 9.17) is 9.84 Å². The number of carbonyl (C=O) groups excluding carboxylic acids is 2. The number of carbonyl (C=O) groups is 3. The Morgan fingerprint density at radius 1 is 0.482 bits per heavy atom. The molecule has 0 aliphatic heterocycles. The standard InChI is InChI=1S/C50H77NO5/c1-3-5-7-9-11-13-15-16-17-18-19-20-21-22-23-24-25-26-28-30-32-37-41-45-50(55)56-47(42-38-34-31-29-27-14-12-10-8-6-4-2)43-39-35-33-36-40-44-48(52)51-46-49(53)54/h5-8,11-14,16-17,19-20,22-23,25-26,29,31,38,42,47H,3-4,9-10,15,18,21,24,27-28,30,32-37,39-41,43-46H2,1-2H3,(H,51,52)(H,53,54)/b7-5-,8-6-,13-11-,14-12-,17-16-,20-19-,23-22-,26-25-,31-29-,42-38-. The number of carboxylic acids is 1. The van der Waals surface area contributed by atoms with Crippen molar-refractivity contribution in [2.75, 3.05) is 6.54 Å². The second-order valence-electron chi connectivity index (χ2n) is 13.8. The number of amides is 1. The maximum absolute atomic E-state index is 12.7. The quantitative estimate of drug-likeness (QED) is 0.0373. The number of carboxylic acid groups (broad SMARTS) is 1. The Hall–Kier alpha value is -4.19. The molecule has 0 bridgehead atoms. The largest absolute Gasteiger partial charge is 0.480 e. The van der Waals surface area contributed by atoms with E-state index in [1.807, 2.05) is 6.08 Å². The molecule has 1 unspecified atom stereocenters. The van der Waals surface area contributed by atoms with Gasteiger partial charge in [0.1, 0.15) is 12.6 Å². The number of hydrogen-bond donors (Lipinski definition) is 2. The van der Waals surface area contributed by atoms with Crippen molar-refractivity contribution in [3.63, 3.8) is 0 Å². The molecule has 0 saturated heterocycles. The maximum atomic E-state index is 12.7. The third kappa shape index (κ3) is 42.6. The third-order valence-corrected chi connectivity index (χ3v) is 8.61. The first kappa shape index (κ1) is 51.8. The van der Waals surface area contributed by atoms with E-state index in [9.17, 15) is 14.4 Å². The normalized spacial score (nSPS) is 13.3. The fourth-order valence-electron chi connectivity index (χ4n) is 5.48. The molecule has 0 aliphatic rings. The maximum Gasteiger partial charge on any atom is 0.322 e. The van der Waals surface area contributed by atoms with Crippen molar-refractivity contribution in [3.05, 3.63) is 122 Å². The molecule has 0 heterocycles. The average Bonchev–Trinajstić information content (AvgIpc) is 3.18. The fraction of sp³-hybridized carbons (Fsp3) is 0.540. The van der Waals surface area contributed by atoms with E-state index in [1.165, 1.54) is 0 Å². The summed E-state index contributed by atoms with van der Waals surface area (Å²) in [4.78, 5) is 35.0. The second kappa shape index (κ2) is 43.5. The van der Waals surface area contributed by atoms with E-state index in [0.717, 1.165) is 135 Å². The van der Waals surface area contributed by atoms with Gasteiger partial charge in [0.25, 0.3) is 0 Å². The fourth-order valence-corrected chi connectivity index (χ4v) is 5.48. The Balaban J connectivity index is 4.30. The Bertz CT molecular complexity index is 1260. The van der Waals surface area contributed by atoms with Gasteiger partial charge in [0.05, 0.1) is 0 Å². The van der Waals surface area contributed by atoms with Crippen LogP contribution in [0.3, 0.4) is 0 Å². The Labute approximate surface area is 342 Å². The molecular formula is C50H77NO5. The molecule has 1 amide bonds. The van der Waals surface area contributed by atoms with Gasteiger partial charge in [-0.3, -0.25) is 14.4 Å². The molecule has 1 atom stereocenters. The lowest BCUT2D eigenvalue weighted by atomic mass is 10.1. The molecular weight excluding hydrogens is 695 g/mol. The van der Waals surface area contributed by atoms with Gasteiger partial charge in [-0.05, 0) is 109 Å². The highest BCUT2D eigenvalue weighted by atomic mass is 16.5. The molecule has 0 fully saturated rings. The smallest absolute Gasteiger partial charge is 0.322 e. The molecule has 0 rings (SSSR count). The highest BCUT2D eigenvalue weighted by Crippen LogP contribution is 2.14. The van der Waals surface area contributed by atoms with E-state index in [0.29, 0.717) is 12.8 Å². The zero-order valence-corrected chi connectivity index (χ0v) is 35.2. The summed E-state index contributed by atoms with van der Waals surface area (Å²) in [5.74, 6) is -1.38. The molecule has 0 aromatic heterocycles. The zero-order valence-electron chi connectivity index (χ0n) is 35.2. The van der Waals surface area contributed by atoms with Crippen LogP contribution in [-0.2, 0) is 19.1 Å². The van der Waals surface area contributed by atoms with Crippen LogP contribution in [0.4, 0.5) is 0 Å². The van der Waals surface area contributed by atoms with Gasteiger partial charge < -0.3 is 15.2 Å². The highest BCUT2D eigenvalue weighted by molar-refractivity contribution is 5.80. The lowest BCUT2D eigenvalue weighted by Gasteiger charge is -2.14. The Kier molecular flexibility index (Phi) is 40.3. The van der Waals surface area contributed by atoms with E-state index >= 15 is 0 Å². The number of hydrogen-bond acceptors (Lipinski definition) is 4. The van der Waals surface area contributed by atoms with E-state index < -0.39 is 5.97 Å². The van der Waals surface area contributed by atoms with Gasteiger partial charge in [-0.15, -0.1) is 0 Å². The predicted molar refractivity (Wildman–Crippen MR) is 239 cm³/mol. The number of esters is 1. The van der Waals surface area contributed by atoms with Gasteiger partial charge >= 0.3 is 11.9 Å². The van der Waals surface area contributed by atoms with Crippen LogP contribution in [0.25, 0.3) is 0 Å². The van der Waals surface area contributed by atoms with Gasteiger partial charge in [-0.1, -0.05) is 161 Å². The number of allylic oxidation sites excluding steroid dienone is 19. The summed E-state index contributed by atoms with van der Waals surface area (Å²) in [7, 11) is 0. The summed E-state index contributed by atoms with van der Waals surface area (Å²) in [6, 6.07) is 0. The van der Waals surface area contributed by atoms with Crippen LogP contribution < -0.4 is 5.32 Å². The Morgan fingerprint density at radius 3 is 1.36 bits per heavy atom. The second-order valence-corrected chi connectivity index (χ2v) is 13.8. The topological polar surface area (TPSA) is 92.7 Å². The minimum Gasteiger partial charge on any atom is -0.480 e. The Morgan fingerprint density at radius 2 is 0.875 bits per heavy atom. The van der Waals surface area contributed by atoms with Crippen LogP contribution in [0.15, 0.2) is 122 Å². The van der Waals surface area contributed by atoms with Crippen molar-refractivity contribution in [1.29, 1.82) is 0 Å². The van der Waals surface area contributed by atoms with Gasteiger partial charge in [0, 0.05) is 12.8 Å². The predicted octanol–water partition coefficient (Wildman–Crippen LogP) is 13.7. The van der Waals surface area contributed by atoms with Crippen molar-refractivity contribution in [2.45, 2.75) is 168 Å². The molecule has 312 valence electrons. The van der Waals surface area contributed by atoms with Crippen LogP contribution in [0, 0.1) is 0 Å². The number of rotatable bonds is 37. The van der Waals surface area contributed by atoms with E-state index in [2.05, 4.69) is 135 Å². The first-order chi connectivity index (χ1) is 27.5. The summed E-state index contributed by atoms with van der Waals surface area (Å²) in [6.07, 6.45) is 64.8. The monoisotopic (exact) mass is 772 g/mol. The van der Waals surface area contributed by atoms with Crippen molar-refractivity contribution >= 4 is 17.8 Å². The van der Waals surface area contributed by atoms with Crippen LogP contribution in [0.5, 0.6) is 0 Å². The van der Waals surface area contributed by atoms with Gasteiger partial charge in [0.2, 0.25) is 5.91 Å². The molecule has 0 aliphatic carbocycles. The number of unbranched alkanes of at least 4 members (excludes halogenated alkanes) is 8. The molecule has 56 heavy (non-hydrogen) atoms. The summed E-state index contributed by atoms with van der Waals surface area (Å²) in [5.41, 5.74) is 0. The lowest BCUT2D eigenvalue weighted by molar-refractivity contribution is -0.147. The van der Waals surface area contributed by atoms with Crippen LogP contribution in [0.2, 0.25) is 0 Å². The zero-order chi connectivity index (χ0) is 40.8. The minimum absolute atomic E-state index is 0.123. The van der Waals surface area contributed by atoms with Crippen LogP contribution in [0.1, 0.15) is 162 Å². The van der Waals surface area contributed by atoms with E-state index in [-0.39, 0.29) is 24.5 Å².